The van der Waals surface area contributed by atoms with Gasteiger partial charge in [-0.05, 0) is 36.3 Å². The lowest BCUT2D eigenvalue weighted by molar-refractivity contribution is -0.133. The lowest BCUT2D eigenvalue weighted by Crippen LogP contribution is -2.38. The summed E-state index contributed by atoms with van der Waals surface area (Å²) in [6.45, 7) is 3.64. The molecule has 1 amide bonds. The summed E-state index contributed by atoms with van der Waals surface area (Å²) in [6.07, 6.45) is 4.54. The molecule has 2 aromatic heterocycles. The van der Waals surface area contributed by atoms with Crippen LogP contribution in [0.15, 0.2) is 41.5 Å². The van der Waals surface area contributed by atoms with Crippen LogP contribution in [0.4, 0.5) is 0 Å². The fourth-order valence-corrected chi connectivity index (χ4v) is 5.36. The number of aromatic nitrogens is 2. The number of benzene rings is 1. The number of aryl methyl sites for hydroxylation is 1. The number of rotatable bonds is 7. The Bertz CT molecular complexity index is 1090. The molecule has 1 aliphatic carbocycles. The number of amides is 1. The highest BCUT2D eigenvalue weighted by atomic mass is 32.1. The molecule has 1 atom stereocenters. The van der Waals surface area contributed by atoms with Crippen molar-refractivity contribution < 1.29 is 9.53 Å². The van der Waals surface area contributed by atoms with Gasteiger partial charge in [0.05, 0.1) is 18.3 Å². The highest BCUT2D eigenvalue weighted by Gasteiger charge is 2.24. The summed E-state index contributed by atoms with van der Waals surface area (Å²) in [5.41, 5.74) is 2.09. The van der Waals surface area contributed by atoms with Gasteiger partial charge in [0.2, 0.25) is 5.91 Å². The lowest BCUT2D eigenvalue weighted by Gasteiger charge is -2.23. The first-order valence-electron chi connectivity index (χ1n) is 10.4. The molecule has 0 spiro atoms. The summed E-state index contributed by atoms with van der Waals surface area (Å²) in [7, 11) is 1.62. The predicted molar refractivity (Wildman–Crippen MR) is 119 cm³/mol. The first kappa shape index (κ1) is 20.8. The summed E-state index contributed by atoms with van der Waals surface area (Å²) < 4.78 is 6.64. The zero-order valence-corrected chi connectivity index (χ0v) is 18.3. The van der Waals surface area contributed by atoms with Gasteiger partial charge in [-0.2, -0.15) is 0 Å². The highest BCUT2D eigenvalue weighted by molar-refractivity contribution is 7.18. The van der Waals surface area contributed by atoms with Crippen LogP contribution in [0.3, 0.4) is 0 Å². The molecule has 2 heterocycles. The Balaban J connectivity index is 1.59. The quantitative estimate of drug-likeness (QED) is 0.583. The molecule has 0 N–H and O–H groups in total. The molecule has 0 aliphatic heterocycles. The monoisotopic (exact) mass is 425 g/mol. The molecule has 0 saturated carbocycles. The van der Waals surface area contributed by atoms with Crippen molar-refractivity contribution >= 4 is 27.5 Å². The summed E-state index contributed by atoms with van der Waals surface area (Å²) >= 11 is 1.63. The second-order valence-corrected chi connectivity index (χ2v) is 9.09. The third kappa shape index (κ3) is 4.32. The van der Waals surface area contributed by atoms with Gasteiger partial charge in [0.1, 0.15) is 11.4 Å². The minimum atomic E-state index is -0.114. The van der Waals surface area contributed by atoms with E-state index in [-0.39, 0.29) is 18.0 Å². The van der Waals surface area contributed by atoms with Crippen LogP contribution in [-0.4, -0.2) is 40.6 Å². The number of nitrogens with zero attached hydrogens (tertiary/aromatic N) is 3. The lowest BCUT2D eigenvalue weighted by atomic mass is 9.89. The van der Waals surface area contributed by atoms with E-state index in [1.165, 1.54) is 15.8 Å². The molecule has 0 bridgehead atoms. The summed E-state index contributed by atoms with van der Waals surface area (Å²) in [4.78, 5) is 34.6. The molecule has 0 radical (unpaired) electrons. The molecule has 1 aromatic carbocycles. The van der Waals surface area contributed by atoms with E-state index in [0.29, 0.717) is 31.0 Å². The van der Waals surface area contributed by atoms with E-state index < -0.39 is 0 Å². The van der Waals surface area contributed by atoms with Crippen LogP contribution in [0.2, 0.25) is 0 Å². The van der Waals surface area contributed by atoms with E-state index in [4.69, 9.17) is 4.74 Å². The number of carbonyl (C=O) groups excluding carboxylic acids is 1. The molecule has 7 heteroatoms. The molecule has 0 fully saturated rings. The molecule has 0 saturated heterocycles. The predicted octanol–water partition coefficient (Wildman–Crippen LogP) is 3.26. The Morgan fingerprint density at radius 2 is 2.13 bits per heavy atom. The Morgan fingerprint density at radius 3 is 2.90 bits per heavy atom. The van der Waals surface area contributed by atoms with Gasteiger partial charge in [0.25, 0.3) is 5.56 Å². The molecule has 6 nitrogen and oxygen atoms in total. The third-order valence-corrected chi connectivity index (χ3v) is 6.88. The fourth-order valence-electron chi connectivity index (χ4n) is 4.02. The van der Waals surface area contributed by atoms with Gasteiger partial charge in [-0.1, -0.05) is 37.3 Å². The number of carbonyl (C=O) groups is 1. The zero-order valence-electron chi connectivity index (χ0n) is 17.5. The van der Waals surface area contributed by atoms with Crippen LogP contribution in [0.25, 0.3) is 10.2 Å². The van der Waals surface area contributed by atoms with Crippen molar-refractivity contribution in [2.45, 2.75) is 39.3 Å². The van der Waals surface area contributed by atoms with E-state index in [9.17, 15) is 9.59 Å². The number of ether oxygens (including phenoxy) is 1. The average Bonchev–Trinajstić information content (AvgIpc) is 3.12. The number of hydrogen-bond donors (Lipinski definition) is 0. The van der Waals surface area contributed by atoms with Crippen molar-refractivity contribution in [1.29, 1.82) is 0 Å². The topological polar surface area (TPSA) is 64.4 Å². The summed E-state index contributed by atoms with van der Waals surface area (Å²) in [6, 6.07) is 9.85. The van der Waals surface area contributed by atoms with Gasteiger partial charge in [0, 0.05) is 25.1 Å². The van der Waals surface area contributed by atoms with Gasteiger partial charge in [-0.25, -0.2) is 4.98 Å². The molecule has 1 aliphatic rings. The van der Waals surface area contributed by atoms with Gasteiger partial charge in [-0.3, -0.25) is 14.2 Å². The molecule has 4 rings (SSSR count). The summed E-state index contributed by atoms with van der Waals surface area (Å²) in [5.74, 6) is 0.526. The molecule has 3 aromatic rings. The van der Waals surface area contributed by atoms with Gasteiger partial charge in [0.15, 0.2) is 0 Å². The Labute approximate surface area is 180 Å². The zero-order chi connectivity index (χ0) is 21.1. The van der Waals surface area contributed by atoms with E-state index >= 15 is 0 Å². The molecular formula is C23H27N3O3S. The maximum absolute atomic E-state index is 13.2. The van der Waals surface area contributed by atoms with E-state index in [2.05, 4.69) is 11.9 Å². The largest absolute Gasteiger partial charge is 0.383 e. The Kier molecular flexibility index (Phi) is 6.29. The van der Waals surface area contributed by atoms with Crippen molar-refractivity contribution in [2.75, 3.05) is 20.3 Å². The van der Waals surface area contributed by atoms with Crippen molar-refractivity contribution in [2.24, 2.45) is 5.92 Å². The Hall–Kier alpha value is -2.51. The first-order valence-corrected chi connectivity index (χ1v) is 11.2. The van der Waals surface area contributed by atoms with Crippen LogP contribution >= 0.6 is 11.3 Å². The van der Waals surface area contributed by atoms with E-state index in [1.807, 2.05) is 30.3 Å². The van der Waals surface area contributed by atoms with Crippen LogP contribution in [0.5, 0.6) is 0 Å². The van der Waals surface area contributed by atoms with Crippen LogP contribution in [0.1, 0.15) is 29.3 Å². The van der Waals surface area contributed by atoms with Crippen molar-refractivity contribution in [1.82, 2.24) is 14.5 Å². The highest BCUT2D eigenvalue weighted by Crippen LogP contribution is 2.35. The third-order valence-electron chi connectivity index (χ3n) is 5.72. The number of thiophene rings is 1. The van der Waals surface area contributed by atoms with E-state index in [0.717, 1.165) is 35.2 Å². The fraction of sp³-hybridized carbons (Fsp3) is 0.435. The van der Waals surface area contributed by atoms with Gasteiger partial charge < -0.3 is 9.64 Å². The minimum absolute atomic E-state index is 0.0145. The standard InChI is InChI=1S/C23H27N3O3S/c1-16-8-9-18-19(12-16)30-22-21(18)23(28)26(15-24-22)14-20(27)25(10-11-29-2)13-17-6-4-3-5-7-17/h3-7,15-16H,8-14H2,1-2H3/t16-/m0/s1. The molecular weight excluding hydrogens is 398 g/mol. The van der Waals surface area contributed by atoms with Crippen LogP contribution in [0, 0.1) is 5.92 Å². The van der Waals surface area contributed by atoms with Crippen molar-refractivity contribution in [3.05, 3.63) is 63.0 Å². The van der Waals surface area contributed by atoms with Gasteiger partial charge >= 0.3 is 0 Å². The smallest absolute Gasteiger partial charge is 0.262 e. The first-order chi connectivity index (χ1) is 14.6. The Morgan fingerprint density at radius 1 is 1.33 bits per heavy atom. The molecule has 158 valence electrons. The SMILES string of the molecule is COCCN(Cc1ccccc1)C(=O)Cn1cnc2sc3c(c2c1=O)CC[C@H](C)C3. The second-order valence-electron chi connectivity index (χ2n) is 8.00. The molecule has 30 heavy (non-hydrogen) atoms. The maximum atomic E-state index is 13.2. The van der Waals surface area contributed by atoms with E-state index in [1.54, 1.807) is 23.3 Å². The number of methoxy groups -OCH3 is 1. The minimum Gasteiger partial charge on any atom is -0.383 e. The number of fused-ring (bicyclic) bond motifs is 3. The van der Waals surface area contributed by atoms with Gasteiger partial charge in [-0.15, -0.1) is 11.3 Å². The normalized spacial score (nSPS) is 15.9. The van der Waals surface area contributed by atoms with Crippen LogP contribution < -0.4 is 5.56 Å². The van der Waals surface area contributed by atoms with Crippen molar-refractivity contribution in [3.63, 3.8) is 0 Å². The average molecular weight is 426 g/mol. The maximum Gasteiger partial charge on any atom is 0.262 e. The molecule has 0 unspecified atom stereocenters. The van der Waals surface area contributed by atoms with Crippen molar-refractivity contribution in [3.8, 4) is 0 Å². The summed E-state index contributed by atoms with van der Waals surface area (Å²) in [5, 5.41) is 0.712. The number of hydrogen-bond acceptors (Lipinski definition) is 5. The van der Waals surface area contributed by atoms with Crippen LogP contribution in [-0.2, 0) is 35.5 Å². The second kappa shape index (κ2) is 9.10.